The van der Waals surface area contributed by atoms with Crippen molar-refractivity contribution in [2.75, 3.05) is 38.2 Å². The van der Waals surface area contributed by atoms with Crippen molar-refractivity contribution in [3.8, 4) is 0 Å². The molecule has 0 aromatic heterocycles. The zero-order valence-corrected chi connectivity index (χ0v) is 18.0. The van der Waals surface area contributed by atoms with Crippen molar-refractivity contribution in [2.24, 2.45) is 17.3 Å². The van der Waals surface area contributed by atoms with Crippen LogP contribution in [-0.4, -0.2) is 54.9 Å². The zero-order chi connectivity index (χ0) is 21.9. The number of carbonyl (C=O) groups excluding carboxylic acids is 1. The van der Waals surface area contributed by atoms with Crippen LogP contribution in [0.1, 0.15) is 33.6 Å². The predicted octanol–water partition coefficient (Wildman–Crippen LogP) is 3.60. The number of ether oxygens (including phenoxy) is 1. The van der Waals surface area contributed by atoms with Crippen LogP contribution in [-0.2, 0) is 9.53 Å². The summed E-state index contributed by atoms with van der Waals surface area (Å²) < 4.78 is 33.1. The maximum atomic E-state index is 13.7. The largest absolute Gasteiger partial charge is 0.389 e. The molecule has 1 aromatic rings. The Hall–Kier alpha value is -1.83. The minimum absolute atomic E-state index is 0.0792. The molecule has 7 heteroatoms. The highest BCUT2D eigenvalue weighted by Crippen LogP contribution is 2.59. The average Bonchev–Trinajstić information content (AvgIpc) is 2.70. The smallest absolute Gasteiger partial charge is 0.238 e. The second-order valence-corrected chi connectivity index (χ2v) is 8.96. The Labute approximate surface area is 177 Å². The highest BCUT2D eigenvalue weighted by molar-refractivity contribution is 5.92. The van der Waals surface area contributed by atoms with Crippen LogP contribution in [0.15, 0.2) is 29.8 Å². The van der Waals surface area contributed by atoms with Gasteiger partial charge in [0.2, 0.25) is 5.91 Å². The summed E-state index contributed by atoms with van der Waals surface area (Å²) in [6.45, 7) is 7.84. The summed E-state index contributed by atoms with van der Waals surface area (Å²) in [4.78, 5) is 13.9. The highest BCUT2D eigenvalue weighted by Gasteiger charge is 2.50. The molecule has 1 fully saturated rings. The van der Waals surface area contributed by atoms with E-state index in [4.69, 9.17) is 4.74 Å². The number of nitrogens with one attached hydrogen (secondary N) is 1. The number of aliphatic hydroxyl groups excluding tert-OH is 1. The lowest BCUT2D eigenvalue weighted by Gasteiger charge is -2.56. The SMILES string of the molecule is CCN(CC(=O)Nc1c(F)cccc1F)CC(O)COCC1=CCC2CC1C2(C)C. The van der Waals surface area contributed by atoms with E-state index in [0.717, 1.165) is 24.5 Å². The first-order valence-corrected chi connectivity index (χ1v) is 10.6. The molecule has 4 rings (SSSR count). The Morgan fingerprint density at radius 3 is 2.67 bits per heavy atom. The Kier molecular flexibility index (Phi) is 7.26. The van der Waals surface area contributed by atoms with E-state index in [1.165, 1.54) is 18.1 Å². The lowest BCUT2D eigenvalue weighted by Crippen LogP contribution is -2.48. The average molecular weight is 423 g/mol. The number of aliphatic hydroxyl groups is 1. The molecule has 0 spiro atoms. The predicted molar refractivity (Wildman–Crippen MR) is 112 cm³/mol. The number of nitrogens with zero attached hydrogens (tertiary/aromatic N) is 1. The number of likely N-dealkylation sites (N-methyl/N-ethyl adjacent to an activating group) is 1. The number of halogens is 2. The van der Waals surface area contributed by atoms with Gasteiger partial charge in [0.05, 0.1) is 25.9 Å². The van der Waals surface area contributed by atoms with Gasteiger partial charge in [0, 0.05) is 6.54 Å². The van der Waals surface area contributed by atoms with Crippen LogP contribution in [0.3, 0.4) is 0 Å². The van der Waals surface area contributed by atoms with Gasteiger partial charge in [-0.1, -0.05) is 32.9 Å². The highest BCUT2D eigenvalue weighted by atomic mass is 19.1. The summed E-state index contributed by atoms with van der Waals surface area (Å²) >= 11 is 0. The second kappa shape index (κ2) is 9.54. The van der Waals surface area contributed by atoms with Gasteiger partial charge in [-0.25, -0.2) is 8.78 Å². The molecule has 3 unspecified atom stereocenters. The molecule has 3 atom stereocenters. The van der Waals surface area contributed by atoms with Gasteiger partial charge in [-0.2, -0.15) is 0 Å². The minimum atomic E-state index is -0.821. The normalized spacial score (nSPS) is 23.0. The fourth-order valence-corrected chi connectivity index (χ4v) is 4.61. The molecule has 1 aromatic carbocycles. The number of para-hydroxylation sites is 1. The summed E-state index contributed by atoms with van der Waals surface area (Å²) in [6, 6.07) is 3.41. The summed E-state index contributed by atoms with van der Waals surface area (Å²) in [7, 11) is 0. The maximum Gasteiger partial charge on any atom is 0.238 e. The van der Waals surface area contributed by atoms with E-state index in [1.807, 2.05) is 6.92 Å². The molecule has 3 aliphatic carbocycles. The van der Waals surface area contributed by atoms with E-state index in [0.29, 0.717) is 24.5 Å². The lowest BCUT2D eigenvalue weighted by molar-refractivity contribution is -0.117. The van der Waals surface area contributed by atoms with E-state index < -0.39 is 29.3 Å². The molecule has 0 heterocycles. The molecular weight excluding hydrogens is 390 g/mol. The Morgan fingerprint density at radius 1 is 1.37 bits per heavy atom. The first-order valence-electron chi connectivity index (χ1n) is 10.6. The van der Waals surface area contributed by atoms with Crippen LogP contribution < -0.4 is 5.32 Å². The van der Waals surface area contributed by atoms with Gasteiger partial charge < -0.3 is 15.2 Å². The third-order valence-electron chi connectivity index (χ3n) is 6.67. The van der Waals surface area contributed by atoms with Gasteiger partial charge in [0.1, 0.15) is 17.3 Å². The van der Waals surface area contributed by atoms with Gasteiger partial charge >= 0.3 is 0 Å². The number of amides is 1. The summed E-state index contributed by atoms with van der Waals surface area (Å²) in [5, 5.41) is 12.6. The number of rotatable bonds is 10. The number of hydrogen-bond acceptors (Lipinski definition) is 4. The second-order valence-electron chi connectivity index (χ2n) is 8.96. The van der Waals surface area contributed by atoms with E-state index >= 15 is 0 Å². The lowest BCUT2D eigenvalue weighted by atomic mass is 9.49. The van der Waals surface area contributed by atoms with Crippen molar-refractivity contribution >= 4 is 11.6 Å². The van der Waals surface area contributed by atoms with Crippen LogP contribution in [0.25, 0.3) is 0 Å². The molecule has 1 amide bonds. The standard InChI is InChI=1S/C23H32F2N2O3/c1-4-27(12-21(29)26-22-19(24)6-5-7-20(22)25)11-17(28)14-30-13-15-8-9-16-10-18(15)23(16,2)3/h5-8,16-18,28H,4,9-14H2,1-3H3,(H,26,29). The third-order valence-corrected chi connectivity index (χ3v) is 6.67. The monoisotopic (exact) mass is 422 g/mol. The van der Waals surface area contributed by atoms with Crippen molar-refractivity contribution in [2.45, 2.75) is 39.7 Å². The van der Waals surface area contributed by atoms with Gasteiger partial charge in [-0.15, -0.1) is 0 Å². The van der Waals surface area contributed by atoms with E-state index in [9.17, 15) is 18.7 Å². The van der Waals surface area contributed by atoms with Crippen molar-refractivity contribution in [1.82, 2.24) is 4.90 Å². The summed E-state index contributed by atoms with van der Waals surface area (Å²) in [5.41, 5.74) is 1.22. The first-order chi connectivity index (χ1) is 14.2. The van der Waals surface area contributed by atoms with Crippen molar-refractivity contribution in [1.29, 1.82) is 0 Å². The third kappa shape index (κ3) is 5.07. The van der Waals surface area contributed by atoms with E-state index in [-0.39, 0.29) is 19.7 Å². The fraction of sp³-hybridized carbons (Fsp3) is 0.609. The van der Waals surface area contributed by atoms with Crippen molar-refractivity contribution in [3.05, 3.63) is 41.5 Å². The molecule has 2 bridgehead atoms. The molecular formula is C23H32F2N2O3. The molecule has 0 aliphatic heterocycles. The number of hydrogen-bond donors (Lipinski definition) is 2. The minimum Gasteiger partial charge on any atom is -0.389 e. The molecule has 0 saturated heterocycles. The van der Waals surface area contributed by atoms with Gasteiger partial charge in [0.15, 0.2) is 0 Å². The van der Waals surface area contributed by atoms with Gasteiger partial charge in [-0.3, -0.25) is 9.69 Å². The Balaban J connectivity index is 1.41. The molecule has 5 nitrogen and oxygen atoms in total. The molecule has 3 aliphatic rings. The van der Waals surface area contributed by atoms with Crippen LogP contribution in [0, 0.1) is 28.9 Å². The Morgan fingerprint density at radius 2 is 2.07 bits per heavy atom. The number of carbonyl (C=O) groups is 1. The quantitative estimate of drug-likeness (QED) is 0.566. The zero-order valence-electron chi connectivity index (χ0n) is 18.0. The molecule has 2 N–H and O–H groups in total. The van der Waals surface area contributed by atoms with Crippen LogP contribution in [0.4, 0.5) is 14.5 Å². The van der Waals surface area contributed by atoms with Gasteiger partial charge in [-0.05, 0) is 54.3 Å². The number of allylic oxidation sites excluding steroid dienone is 1. The molecule has 1 saturated carbocycles. The number of anilines is 1. The topological polar surface area (TPSA) is 61.8 Å². The first kappa shape index (κ1) is 22.8. The maximum absolute atomic E-state index is 13.7. The van der Waals surface area contributed by atoms with Crippen molar-refractivity contribution in [3.63, 3.8) is 0 Å². The van der Waals surface area contributed by atoms with Crippen LogP contribution in [0.2, 0.25) is 0 Å². The van der Waals surface area contributed by atoms with Crippen LogP contribution >= 0.6 is 0 Å². The summed E-state index contributed by atoms with van der Waals surface area (Å²) in [6.07, 6.45) is 3.85. The van der Waals surface area contributed by atoms with Crippen LogP contribution in [0.5, 0.6) is 0 Å². The number of fused-ring (bicyclic) bond motifs is 1. The van der Waals surface area contributed by atoms with E-state index in [1.54, 1.807) is 4.90 Å². The Bertz CT molecular complexity index is 776. The van der Waals surface area contributed by atoms with E-state index in [2.05, 4.69) is 25.2 Å². The molecule has 0 radical (unpaired) electrons. The van der Waals surface area contributed by atoms with Crippen molar-refractivity contribution < 1.29 is 23.4 Å². The number of benzene rings is 1. The van der Waals surface area contributed by atoms with Gasteiger partial charge in [0.25, 0.3) is 0 Å². The fourth-order valence-electron chi connectivity index (χ4n) is 4.61. The summed E-state index contributed by atoms with van der Waals surface area (Å²) in [5.74, 6) is -0.833. The molecule has 166 valence electrons. The molecule has 30 heavy (non-hydrogen) atoms.